The van der Waals surface area contributed by atoms with E-state index in [1.165, 1.54) is 24.3 Å². The molecule has 3 aromatic heterocycles. The highest BCUT2D eigenvalue weighted by Crippen LogP contribution is 2.40. The number of nitrogens with zero attached hydrogens (tertiary/aromatic N) is 5. The van der Waals surface area contributed by atoms with Crippen LogP contribution < -0.4 is 25.0 Å². The number of rotatable bonds is 12. The lowest BCUT2D eigenvalue weighted by Crippen LogP contribution is -2.32. The van der Waals surface area contributed by atoms with Gasteiger partial charge in [-0.05, 0) is 146 Å². The summed E-state index contributed by atoms with van der Waals surface area (Å²) >= 11 is 6.14. The molecule has 2 aliphatic rings. The molecule has 1 amide bonds. The van der Waals surface area contributed by atoms with Crippen molar-refractivity contribution < 1.29 is 40.6 Å². The third-order valence-corrected chi connectivity index (χ3v) is 12.4. The first-order chi connectivity index (χ1) is 33.7. The molecule has 10 rings (SSSR count). The molecule has 4 heterocycles. The summed E-state index contributed by atoms with van der Waals surface area (Å²) in [5, 5.41) is 7.83. The number of carbonyl (C=O) groups is 1. The number of alkyl halides is 6. The number of hydrogen-bond acceptors (Lipinski definition) is 8. The Bertz CT molecular complexity index is 3080. The normalized spacial score (nSPS) is 14.3. The van der Waals surface area contributed by atoms with E-state index < -0.39 is 18.1 Å². The number of aromatic nitrogens is 4. The number of imidazole rings is 1. The van der Waals surface area contributed by atoms with Gasteiger partial charge in [0.15, 0.2) is 0 Å². The molecule has 17 heteroatoms. The van der Waals surface area contributed by atoms with Gasteiger partial charge in [-0.2, -0.15) is 13.2 Å². The SMILES string of the molecule is CCc1nc2ccc(Cl)cn2c1C(=O)NCc1ccc(N2CCC(c3ccc(OC(F)(F)F)cc3)CC2)cc1.FC(F)(F)c1ccc(Oc2ccc(Nc3nc(C4CC4)nc4ccccc34)cc2)cc1. The maximum absolute atomic E-state index is 13.0. The van der Waals surface area contributed by atoms with Gasteiger partial charge in [0.05, 0.1) is 21.8 Å². The van der Waals surface area contributed by atoms with E-state index in [4.69, 9.17) is 21.3 Å². The van der Waals surface area contributed by atoms with Crippen molar-refractivity contribution >= 4 is 51.3 Å². The van der Waals surface area contributed by atoms with Crippen molar-refractivity contribution in [2.24, 2.45) is 0 Å². The molecule has 10 nitrogen and oxygen atoms in total. The number of para-hydroxylation sites is 1. The van der Waals surface area contributed by atoms with E-state index in [1.54, 1.807) is 47.0 Å². The van der Waals surface area contributed by atoms with Gasteiger partial charge in [-0.15, -0.1) is 13.2 Å². The minimum Gasteiger partial charge on any atom is -0.457 e. The van der Waals surface area contributed by atoms with Crippen LogP contribution in [-0.2, 0) is 19.1 Å². The first-order valence-corrected chi connectivity index (χ1v) is 23.2. The Morgan fingerprint density at radius 2 is 1.39 bits per heavy atom. The second-order valence-electron chi connectivity index (χ2n) is 17.1. The predicted molar refractivity (Wildman–Crippen MR) is 257 cm³/mol. The minimum atomic E-state index is -4.68. The predicted octanol–water partition coefficient (Wildman–Crippen LogP) is 13.8. The fourth-order valence-electron chi connectivity index (χ4n) is 8.36. The number of nitrogens with one attached hydrogen (secondary N) is 2. The first-order valence-electron chi connectivity index (χ1n) is 22.8. The Labute approximate surface area is 404 Å². The molecule has 0 unspecified atom stereocenters. The van der Waals surface area contributed by atoms with Crippen molar-refractivity contribution in [3.63, 3.8) is 0 Å². The first kappa shape index (κ1) is 47.7. The molecule has 8 aromatic rings. The van der Waals surface area contributed by atoms with E-state index >= 15 is 0 Å². The van der Waals surface area contributed by atoms with E-state index in [9.17, 15) is 31.1 Å². The van der Waals surface area contributed by atoms with E-state index in [-0.39, 0.29) is 17.6 Å². The average Bonchev–Trinajstić information content (AvgIpc) is 4.14. The summed E-state index contributed by atoms with van der Waals surface area (Å²) in [6, 6.07) is 37.5. The molecule has 0 spiro atoms. The highest BCUT2D eigenvalue weighted by atomic mass is 35.5. The molecule has 70 heavy (non-hydrogen) atoms. The van der Waals surface area contributed by atoms with Gasteiger partial charge in [-0.25, -0.2) is 15.0 Å². The molecule has 1 saturated carbocycles. The maximum atomic E-state index is 13.0. The van der Waals surface area contributed by atoms with Gasteiger partial charge in [0, 0.05) is 48.5 Å². The number of carbonyl (C=O) groups excluding carboxylic acids is 1. The summed E-state index contributed by atoms with van der Waals surface area (Å²) in [6.45, 7) is 4.04. The van der Waals surface area contributed by atoms with Crippen LogP contribution in [0.15, 0.2) is 140 Å². The van der Waals surface area contributed by atoms with Crippen molar-refractivity contribution in [1.29, 1.82) is 0 Å². The topological polar surface area (TPSA) is 106 Å². The zero-order chi connectivity index (χ0) is 49.0. The van der Waals surface area contributed by atoms with Crippen LogP contribution in [0.4, 0.5) is 43.5 Å². The third-order valence-electron chi connectivity index (χ3n) is 12.1. The molecule has 2 N–H and O–H groups in total. The minimum absolute atomic E-state index is 0.200. The summed E-state index contributed by atoms with van der Waals surface area (Å²) in [5.74, 6) is 2.80. The number of halogens is 7. The van der Waals surface area contributed by atoms with Crippen molar-refractivity contribution in [1.82, 2.24) is 24.7 Å². The van der Waals surface area contributed by atoms with Gasteiger partial charge in [0.2, 0.25) is 0 Å². The smallest absolute Gasteiger partial charge is 0.457 e. The Kier molecular flexibility index (Phi) is 13.9. The zero-order valence-electron chi connectivity index (χ0n) is 37.7. The molecular formula is C53H46ClF6N7O3. The summed E-state index contributed by atoms with van der Waals surface area (Å²) in [7, 11) is 0. The van der Waals surface area contributed by atoms with Crippen molar-refractivity contribution in [3.05, 3.63) is 179 Å². The number of anilines is 3. The van der Waals surface area contributed by atoms with Gasteiger partial charge in [0.25, 0.3) is 5.91 Å². The van der Waals surface area contributed by atoms with Crippen LogP contribution in [0.5, 0.6) is 17.2 Å². The van der Waals surface area contributed by atoms with Crippen LogP contribution in [0, 0.1) is 0 Å². The van der Waals surface area contributed by atoms with Crippen LogP contribution in [0.2, 0.25) is 5.02 Å². The molecular weight excluding hydrogens is 932 g/mol. The van der Waals surface area contributed by atoms with Gasteiger partial charge < -0.3 is 25.0 Å². The van der Waals surface area contributed by atoms with Gasteiger partial charge in [-0.1, -0.05) is 54.9 Å². The van der Waals surface area contributed by atoms with Crippen molar-refractivity contribution in [2.75, 3.05) is 23.3 Å². The maximum Gasteiger partial charge on any atom is 0.573 e. The van der Waals surface area contributed by atoms with Crippen LogP contribution in [0.1, 0.15) is 83.1 Å². The van der Waals surface area contributed by atoms with E-state index in [1.807, 2.05) is 55.5 Å². The Morgan fingerprint density at radius 3 is 2.03 bits per heavy atom. The highest BCUT2D eigenvalue weighted by Gasteiger charge is 2.32. The molecule has 0 bridgehead atoms. The molecule has 0 atom stereocenters. The van der Waals surface area contributed by atoms with Crippen LogP contribution in [-0.4, -0.2) is 44.7 Å². The Balaban J connectivity index is 0.000000178. The van der Waals surface area contributed by atoms with Gasteiger partial charge in [-0.3, -0.25) is 9.20 Å². The molecule has 5 aromatic carbocycles. The Morgan fingerprint density at radius 1 is 0.729 bits per heavy atom. The van der Waals surface area contributed by atoms with Crippen LogP contribution in [0.3, 0.4) is 0 Å². The van der Waals surface area contributed by atoms with Gasteiger partial charge >= 0.3 is 12.5 Å². The number of aryl methyl sites for hydroxylation is 1. The molecule has 1 saturated heterocycles. The Hall–Kier alpha value is -7.33. The number of amides is 1. The standard InChI is InChI=1S/C29H28ClF3N4O2.C24H18F3N3O/c1-2-25-27(37-18-22(30)7-12-26(37)35-25)28(38)34-17-19-3-8-23(9-4-19)36-15-13-21(14-16-36)20-5-10-24(11-6-20)39-29(31,32)33;25-24(26,27)16-7-11-18(12-8-16)31-19-13-9-17(10-14-19)28-23-20-3-1-2-4-21(20)29-22(30-23)15-5-6-15/h3-12,18,21H,2,13-17H2,1H3,(H,34,38);1-4,7-15H,5-6H2,(H,28,29,30). The van der Waals surface area contributed by atoms with Crippen LogP contribution >= 0.6 is 11.6 Å². The largest absolute Gasteiger partial charge is 0.573 e. The molecule has 0 radical (unpaired) electrons. The van der Waals surface area contributed by atoms with E-state index in [0.29, 0.717) is 46.7 Å². The zero-order valence-corrected chi connectivity index (χ0v) is 38.5. The summed E-state index contributed by atoms with van der Waals surface area (Å²) in [5.41, 5.74) is 6.03. The number of piperidine rings is 1. The number of hydrogen-bond donors (Lipinski definition) is 2. The lowest BCUT2D eigenvalue weighted by atomic mass is 9.89. The lowest BCUT2D eigenvalue weighted by molar-refractivity contribution is -0.274. The second kappa shape index (κ2) is 20.3. The molecule has 360 valence electrons. The quantitative estimate of drug-likeness (QED) is 0.117. The second-order valence-corrected chi connectivity index (χ2v) is 17.5. The van der Waals surface area contributed by atoms with E-state index in [2.05, 4.69) is 42.4 Å². The average molecular weight is 978 g/mol. The summed E-state index contributed by atoms with van der Waals surface area (Å²) in [6.07, 6.45) is -2.67. The fourth-order valence-corrected chi connectivity index (χ4v) is 8.52. The van der Waals surface area contributed by atoms with Gasteiger partial charge in [0.1, 0.15) is 40.2 Å². The summed E-state index contributed by atoms with van der Waals surface area (Å²) < 4.78 is 86.6. The number of benzene rings is 5. The highest BCUT2D eigenvalue weighted by molar-refractivity contribution is 6.30. The number of fused-ring (bicyclic) bond motifs is 2. The third kappa shape index (κ3) is 11.7. The monoisotopic (exact) mass is 977 g/mol. The van der Waals surface area contributed by atoms with Crippen molar-refractivity contribution in [2.45, 2.75) is 69.9 Å². The summed E-state index contributed by atoms with van der Waals surface area (Å²) in [4.78, 5) is 29.3. The number of pyridine rings is 1. The molecule has 1 aliphatic heterocycles. The number of ether oxygens (including phenoxy) is 2. The lowest BCUT2D eigenvalue weighted by Gasteiger charge is -2.34. The fraction of sp³-hybridized carbons (Fsp3) is 0.245. The van der Waals surface area contributed by atoms with Crippen LogP contribution in [0.25, 0.3) is 16.6 Å². The van der Waals surface area contributed by atoms with Crippen molar-refractivity contribution in [3.8, 4) is 17.2 Å². The molecule has 2 fully saturated rings. The molecule has 1 aliphatic carbocycles. The van der Waals surface area contributed by atoms with E-state index in [0.717, 1.165) is 102 Å².